The molecule has 0 saturated heterocycles. The third-order valence-corrected chi connectivity index (χ3v) is 3.04. The van der Waals surface area contributed by atoms with Crippen molar-refractivity contribution in [2.75, 3.05) is 0 Å². The van der Waals surface area contributed by atoms with Crippen molar-refractivity contribution in [2.24, 2.45) is 0 Å². The third-order valence-electron chi connectivity index (χ3n) is 3.04. The molecular formula is C15H13NO2. The zero-order valence-electron chi connectivity index (χ0n) is 10.1. The lowest BCUT2D eigenvalue weighted by Gasteiger charge is -2.22. The topological polar surface area (TPSA) is 39.2 Å². The number of hydrogen-bond acceptors (Lipinski definition) is 3. The van der Waals surface area contributed by atoms with E-state index in [9.17, 15) is 4.79 Å². The summed E-state index contributed by atoms with van der Waals surface area (Å²) in [6, 6.07) is 11.4. The number of Topliss-reactive ketones (excluding diaryl/α,β-unsaturated/α-hetero) is 1. The van der Waals surface area contributed by atoms with E-state index in [2.05, 4.69) is 4.98 Å². The van der Waals surface area contributed by atoms with Crippen molar-refractivity contribution < 1.29 is 9.53 Å². The Morgan fingerprint density at radius 3 is 2.94 bits per heavy atom. The molecule has 3 rings (SSSR count). The molecule has 2 aromatic rings. The molecule has 1 aliphatic heterocycles. The Bertz CT molecular complexity index is 593. The van der Waals surface area contributed by atoms with Crippen molar-refractivity contribution in [3.8, 4) is 17.0 Å². The first-order chi connectivity index (χ1) is 8.74. The number of fused-ring (bicyclic) bond motifs is 1. The van der Waals surface area contributed by atoms with Gasteiger partial charge >= 0.3 is 0 Å². The average molecular weight is 239 g/mol. The van der Waals surface area contributed by atoms with E-state index in [1.807, 2.05) is 43.3 Å². The number of rotatable bonds is 1. The van der Waals surface area contributed by atoms with E-state index < -0.39 is 0 Å². The summed E-state index contributed by atoms with van der Waals surface area (Å²) in [6.07, 6.45) is 2.15. The van der Waals surface area contributed by atoms with Crippen LogP contribution < -0.4 is 4.74 Å². The molecule has 1 atom stereocenters. The van der Waals surface area contributed by atoms with Crippen molar-refractivity contribution >= 4 is 5.78 Å². The second-order valence-electron chi connectivity index (χ2n) is 4.48. The van der Waals surface area contributed by atoms with E-state index >= 15 is 0 Å². The standard InChI is InChI=1S/C15H13NO2/c1-10-8-14(17)12-9-11(5-6-15(12)18-10)13-4-2-3-7-16-13/h2-7,9-10H,8H2,1H3. The van der Waals surface area contributed by atoms with Crippen LogP contribution in [0.2, 0.25) is 0 Å². The molecule has 2 heterocycles. The summed E-state index contributed by atoms with van der Waals surface area (Å²) in [6.45, 7) is 1.91. The summed E-state index contributed by atoms with van der Waals surface area (Å²) in [5.41, 5.74) is 2.48. The van der Waals surface area contributed by atoms with Crippen LogP contribution in [0.5, 0.6) is 5.75 Å². The van der Waals surface area contributed by atoms with Crippen LogP contribution in [0.3, 0.4) is 0 Å². The minimum atomic E-state index is -0.0364. The van der Waals surface area contributed by atoms with E-state index in [4.69, 9.17) is 4.74 Å². The molecule has 0 saturated carbocycles. The van der Waals surface area contributed by atoms with E-state index in [1.54, 1.807) is 6.20 Å². The number of ether oxygens (including phenoxy) is 1. The summed E-state index contributed by atoms with van der Waals surface area (Å²) in [4.78, 5) is 16.3. The van der Waals surface area contributed by atoms with Gasteiger partial charge in [0, 0.05) is 18.2 Å². The number of ketones is 1. The van der Waals surface area contributed by atoms with Gasteiger partial charge in [-0.05, 0) is 37.3 Å². The zero-order valence-corrected chi connectivity index (χ0v) is 10.1. The lowest BCUT2D eigenvalue weighted by Crippen LogP contribution is -2.23. The van der Waals surface area contributed by atoms with Gasteiger partial charge in [0.1, 0.15) is 11.9 Å². The fourth-order valence-electron chi connectivity index (χ4n) is 2.17. The molecule has 1 aliphatic rings. The fraction of sp³-hybridized carbons (Fsp3) is 0.200. The normalized spacial score (nSPS) is 18.1. The monoisotopic (exact) mass is 239 g/mol. The van der Waals surface area contributed by atoms with Crippen molar-refractivity contribution in [3.05, 3.63) is 48.2 Å². The van der Waals surface area contributed by atoms with Gasteiger partial charge < -0.3 is 4.74 Å². The number of pyridine rings is 1. The first-order valence-corrected chi connectivity index (χ1v) is 5.99. The van der Waals surface area contributed by atoms with Crippen LogP contribution in [-0.2, 0) is 0 Å². The quantitative estimate of drug-likeness (QED) is 0.767. The smallest absolute Gasteiger partial charge is 0.170 e. The van der Waals surface area contributed by atoms with Crippen molar-refractivity contribution in [1.82, 2.24) is 4.98 Å². The average Bonchev–Trinajstić information content (AvgIpc) is 2.39. The molecule has 0 fully saturated rings. The minimum absolute atomic E-state index is 0.0364. The van der Waals surface area contributed by atoms with Crippen LogP contribution in [-0.4, -0.2) is 16.9 Å². The Morgan fingerprint density at radius 1 is 1.28 bits per heavy atom. The van der Waals surface area contributed by atoms with Crippen molar-refractivity contribution in [3.63, 3.8) is 0 Å². The molecule has 0 N–H and O–H groups in total. The number of benzene rings is 1. The maximum absolute atomic E-state index is 12.0. The largest absolute Gasteiger partial charge is 0.489 e. The van der Waals surface area contributed by atoms with Gasteiger partial charge in [-0.3, -0.25) is 9.78 Å². The highest BCUT2D eigenvalue weighted by Crippen LogP contribution is 2.31. The summed E-state index contributed by atoms with van der Waals surface area (Å²) in [5, 5.41) is 0. The lowest BCUT2D eigenvalue weighted by atomic mass is 9.98. The van der Waals surface area contributed by atoms with E-state index in [1.165, 1.54) is 0 Å². The van der Waals surface area contributed by atoms with Gasteiger partial charge in [0.05, 0.1) is 11.3 Å². The maximum Gasteiger partial charge on any atom is 0.170 e. The molecule has 0 aliphatic carbocycles. The summed E-state index contributed by atoms with van der Waals surface area (Å²) >= 11 is 0. The summed E-state index contributed by atoms with van der Waals surface area (Å²) in [5.74, 6) is 0.819. The van der Waals surface area contributed by atoms with Crippen molar-refractivity contribution in [2.45, 2.75) is 19.4 Å². The van der Waals surface area contributed by atoms with Gasteiger partial charge in [-0.2, -0.15) is 0 Å². The van der Waals surface area contributed by atoms with Crippen LogP contribution in [0.4, 0.5) is 0 Å². The first kappa shape index (κ1) is 11.0. The van der Waals surface area contributed by atoms with Gasteiger partial charge in [0.2, 0.25) is 0 Å². The molecular weight excluding hydrogens is 226 g/mol. The van der Waals surface area contributed by atoms with Crippen molar-refractivity contribution in [1.29, 1.82) is 0 Å². The Kier molecular flexibility index (Phi) is 2.59. The van der Waals surface area contributed by atoms with Crippen LogP contribution in [0.1, 0.15) is 23.7 Å². The molecule has 0 spiro atoms. The highest BCUT2D eigenvalue weighted by molar-refractivity contribution is 6.00. The number of aromatic nitrogens is 1. The van der Waals surface area contributed by atoms with Gasteiger partial charge in [0.15, 0.2) is 5.78 Å². The van der Waals surface area contributed by atoms with Gasteiger partial charge in [-0.1, -0.05) is 6.07 Å². The van der Waals surface area contributed by atoms with Crippen LogP contribution >= 0.6 is 0 Å². The Morgan fingerprint density at radius 2 is 2.17 bits per heavy atom. The van der Waals surface area contributed by atoms with E-state index in [0.717, 1.165) is 11.3 Å². The number of hydrogen-bond donors (Lipinski definition) is 0. The lowest BCUT2D eigenvalue weighted by molar-refractivity contribution is 0.0871. The second kappa shape index (κ2) is 4.26. The summed E-state index contributed by atoms with van der Waals surface area (Å²) in [7, 11) is 0. The number of carbonyl (C=O) groups is 1. The Balaban J connectivity index is 2.06. The van der Waals surface area contributed by atoms with Crippen LogP contribution in [0.25, 0.3) is 11.3 Å². The van der Waals surface area contributed by atoms with Gasteiger partial charge in [-0.25, -0.2) is 0 Å². The molecule has 0 radical (unpaired) electrons. The molecule has 1 unspecified atom stereocenters. The highest BCUT2D eigenvalue weighted by atomic mass is 16.5. The van der Waals surface area contributed by atoms with E-state index in [-0.39, 0.29) is 11.9 Å². The third kappa shape index (κ3) is 1.88. The summed E-state index contributed by atoms with van der Waals surface area (Å²) < 4.78 is 5.65. The Hall–Kier alpha value is -2.16. The van der Waals surface area contributed by atoms with Crippen LogP contribution in [0, 0.1) is 0 Å². The number of carbonyl (C=O) groups excluding carboxylic acids is 1. The van der Waals surface area contributed by atoms with Crippen LogP contribution in [0.15, 0.2) is 42.6 Å². The molecule has 0 bridgehead atoms. The second-order valence-corrected chi connectivity index (χ2v) is 4.48. The molecule has 3 heteroatoms. The fourth-order valence-corrected chi connectivity index (χ4v) is 2.17. The molecule has 18 heavy (non-hydrogen) atoms. The first-order valence-electron chi connectivity index (χ1n) is 5.99. The molecule has 1 aromatic heterocycles. The highest BCUT2D eigenvalue weighted by Gasteiger charge is 2.23. The molecule has 90 valence electrons. The van der Waals surface area contributed by atoms with Gasteiger partial charge in [-0.15, -0.1) is 0 Å². The minimum Gasteiger partial charge on any atom is -0.489 e. The molecule has 0 amide bonds. The Labute approximate surface area is 105 Å². The van der Waals surface area contributed by atoms with Gasteiger partial charge in [0.25, 0.3) is 0 Å². The zero-order chi connectivity index (χ0) is 12.5. The predicted octanol–water partition coefficient (Wildman–Crippen LogP) is 3.10. The molecule has 3 nitrogen and oxygen atoms in total. The molecule has 1 aromatic carbocycles. The van der Waals surface area contributed by atoms with E-state index in [0.29, 0.717) is 17.7 Å². The maximum atomic E-state index is 12.0. The number of nitrogens with zero attached hydrogens (tertiary/aromatic N) is 1. The SMILES string of the molecule is CC1CC(=O)c2cc(-c3ccccn3)ccc2O1. The predicted molar refractivity (Wildman–Crippen MR) is 68.7 cm³/mol.